The predicted molar refractivity (Wildman–Crippen MR) is 64.9 cm³/mol. The lowest BCUT2D eigenvalue weighted by Crippen LogP contribution is -2.40. The summed E-state index contributed by atoms with van der Waals surface area (Å²) < 4.78 is 5.44. The Morgan fingerprint density at radius 3 is 2.25 bits per heavy atom. The lowest BCUT2D eigenvalue weighted by Gasteiger charge is -2.34. The van der Waals surface area contributed by atoms with Crippen LogP contribution >= 0.6 is 0 Å². The van der Waals surface area contributed by atoms with Crippen LogP contribution in [0.2, 0.25) is 0 Å². The van der Waals surface area contributed by atoms with E-state index in [0.717, 1.165) is 25.7 Å². The molecule has 0 bridgehead atoms. The molecule has 1 saturated carbocycles. The molecule has 0 aromatic carbocycles. The van der Waals surface area contributed by atoms with Crippen molar-refractivity contribution in [1.29, 1.82) is 0 Å². The van der Waals surface area contributed by atoms with Gasteiger partial charge in [0, 0.05) is 0 Å². The first-order chi connectivity index (χ1) is 7.32. The second-order valence-corrected chi connectivity index (χ2v) is 6.07. The molecule has 0 aromatic heterocycles. The second kappa shape index (κ2) is 5.17. The largest absolute Gasteiger partial charge is 0.461 e. The average molecular weight is 227 g/mol. The van der Waals surface area contributed by atoms with Crippen molar-refractivity contribution in [3.8, 4) is 0 Å². The van der Waals surface area contributed by atoms with Gasteiger partial charge < -0.3 is 10.5 Å². The molecule has 1 rings (SSSR count). The molecule has 1 aliphatic rings. The van der Waals surface area contributed by atoms with Gasteiger partial charge in [-0.15, -0.1) is 0 Å². The van der Waals surface area contributed by atoms with Crippen LogP contribution in [-0.2, 0) is 9.53 Å². The van der Waals surface area contributed by atoms with Gasteiger partial charge in [-0.05, 0) is 37.0 Å². The van der Waals surface area contributed by atoms with Crippen LogP contribution in [0.25, 0.3) is 0 Å². The van der Waals surface area contributed by atoms with Gasteiger partial charge in [-0.2, -0.15) is 0 Å². The van der Waals surface area contributed by atoms with Crippen LogP contribution in [0.1, 0.15) is 53.4 Å². The van der Waals surface area contributed by atoms with Crippen LogP contribution in [0.5, 0.6) is 0 Å². The van der Waals surface area contributed by atoms with Crippen molar-refractivity contribution in [2.24, 2.45) is 17.1 Å². The molecule has 0 spiro atoms. The summed E-state index contributed by atoms with van der Waals surface area (Å²) in [6.07, 6.45) is 4.29. The van der Waals surface area contributed by atoms with E-state index in [4.69, 9.17) is 10.5 Å². The molecule has 0 aromatic rings. The Morgan fingerprint density at radius 2 is 1.81 bits per heavy atom. The second-order valence-electron chi connectivity index (χ2n) is 6.07. The molecule has 1 aliphatic carbocycles. The van der Waals surface area contributed by atoms with Gasteiger partial charge in [-0.25, -0.2) is 0 Å². The van der Waals surface area contributed by atoms with Crippen molar-refractivity contribution >= 4 is 5.97 Å². The molecule has 3 heteroatoms. The molecule has 0 aliphatic heterocycles. The van der Waals surface area contributed by atoms with Crippen LogP contribution in [0, 0.1) is 11.3 Å². The van der Waals surface area contributed by atoms with Crippen molar-refractivity contribution in [3.05, 3.63) is 0 Å². The molecule has 0 saturated heterocycles. The summed E-state index contributed by atoms with van der Waals surface area (Å²) in [4.78, 5) is 11.7. The first-order valence-electron chi connectivity index (χ1n) is 6.28. The van der Waals surface area contributed by atoms with Crippen LogP contribution in [0.3, 0.4) is 0 Å². The lowest BCUT2D eigenvalue weighted by molar-refractivity contribution is -0.154. The highest BCUT2D eigenvalue weighted by molar-refractivity contribution is 5.75. The van der Waals surface area contributed by atoms with E-state index >= 15 is 0 Å². The Bertz CT molecular complexity index is 238. The summed E-state index contributed by atoms with van der Waals surface area (Å²) in [6, 6.07) is -0.477. The van der Waals surface area contributed by atoms with Crippen LogP contribution in [0.15, 0.2) is 0 Å². The lowest BCUT2D eigenvalue weighted by atomic mass is 9.76. The SMILES string of the molecule is CC(C)C(N)C(=O)OC1CCC(C)(C)CC1. The van der Waals surface area contributed by atoms with Gasteiger partial charge in [0.15, 0.2) is 0 Å². The molecule has 1 fully saturated rings. The minimum absolute atomic E-state index is 0.0883. The number of ether oxygens (including phenoxy) is 1. The maximum Gasteiger partial charge on any atom is 0.323 e. The van der Waals surface area contributed by atoms with Gasteiger partial charge in [-0.3, -0.25) is 4.79 Å². The van der Waals surface area contributed by atoms with E-state index in [0.29, 0.717) is 5.41 Å². The van der Waals surface area contributed by atoms with Crippen molar-refractivity contribution in [2.45, 2.75) is 65.5 Å². The van der Waals surface area contributed by atoms with Gasteiger partial charge in [0.05, 0.1) is 0 Å². The smallest absolute Gasteiger partial charge is 0.323 e. The number of hydrogen-bond acceptors (Lipinski definition) is 3. The number of rotatable bonds is 3. The van der Waals surface area contributed by atoms with Crippen LogP contribution in [-0.4, -0.2) is 18.1 Å². The van der Waals surface area contributed by atoms with Gasteiger partial charge in [0.1, 0.15) is 12.1 Å². The Morgan fingerprint density at radius 1 is 1.31 bits per heavy atom. The van der Waals surface area contributed by atoms with E-state index in [1.165, 1.54) is 0 Å². The Labute approximate surface area is 98.7 Å². The average Bonchev–Trinajstić information content (AvgIpc) is 2.19. The van der Waals surface area contributed by atoms with Gasteiger partial charge in [0.2, 0.25) is 0 Å². The molecule has 0 heterocycles. The summed E-state index contributed by atoms with van der Waals surface area (Å²) in [5, 5.41) is 0. The molecule has 0 amide bonds. The first-order valence-corrected chi connectivity index (χ1v) is 6.28. The minimum Gasteiger partial charge on any atom is -0.461 e. The van der Waals surface area contributed by atoms with Gasteiger partial charge in [-0.1, -0.05) is 27.7 Å². The van der Waals surface area contributed by atoms with Crippen molar-refractivity contribution in [1.82, 2.24) is 0 Å². The number of nitrogens with two attached hydrogens (primary N) is 1. The van der Waals surface area contributed by atoms with E-state index in [-0.39, 0.29) is 18.0 Å². The number of carbonyl (C=O) groups is 1. The van der Waals surface area contributed by atoms with Crippen molar-refractivity contribution in [3.63, 3.8) is 0 Å². The maximum atomic E-state index is 11.7. The molecule has 16 heavy (non-hydrogen) atoms. The third-order valence-corrected chi connectivity index (χ3v) is 3.56. The Kier molecular flexibility index (Phi) is 4.36. The van der Waals surface area contributed by atoms with E-state index in [9.17, 15) is 4.79 Å². The van der Waals surface area contributed by atoms with Crippen LogP contribution in [0.4, 0.5) is 0 Å². The van der Waals surface area contributed by atoms with E-state index in [1.807, 2.05) is 13.8 Å². The Balaban J connectivity index is 2.37. The molecular weight excluding hydrogens is 202 g/mol. The van der Waals surface area contributed by atoms with Crippen molar-refractivity contribution < 1.29 is 9.53 Å². The quantitative estimate of drug-likeness (QED) is 0.754. The molecular formula is C13H25NO2. The van der Waals surface area contributed by atoms with Gasteiger partial charge in [0.25, 0.3) is 0 Å². The number of esters is 1. The van der Waals surface area contributed by atoms with E-state index in [2.05, 4.69) is 13.8 Å². The van der Waals surface area contributed by atoms with E-state index in [1.54, 1.807) is 0 Å². The van der Waals surface area contributed by atoms with Crippen LogP contribution < -0.4 is 5.73 Å². The molecule has 1 atom stereocenters. The summed E-state index contributed by atoms with van der Waals surface area (Å²) in [7, 11) is 0. The summed E-state index contributed by atoms with van der Waals surface area (Å²) in [5.41, 5.74) is 6.16. The summed E-state index contributed by atoms with van der Waals surface area (Å²) in [5.74, 6) is -0.0905. The highest BCUT2D eigenvalue weighted by Crippen LogP contribution is 2.36. The zero-order chi connectivity index (χ0) is 12.3. The first kappa shape index (κ1) is 13.5. The predicted octanol–water partition coefficient (Wildman–Crippen LogP) is 2.48. The molecule has 0 radical (unpaired) electrons. The third kappa shape index (κ3) is 3.78. The topological polar surface area (TPSA) is 52.3 Å². The number of hydrogen-bond donors (Lipinski definition) is 1. The standard InChI is InChI=1S/C13H25NO2/c1-9(2)11(14)12(15)16-10-5-7-13(3,4)8-6-10/h9-11H,5-8,14H2,1-4H3. The fourth-order valence-electron chi connectivity index (χ4n) is 2.01. The summed E-state index contributed by atoms with van der Waals surface area (Å²) >= 11 is 0. The number of carbonyl (C=O) groups excluding carboxylic acids is 1. The minimum atomic E-state index is -0.477. The maximum absolute atomic E-state index is 11.7. The van der Waals surface area contributed by atoms with E-state index < -0.39 is 6.04 Å². The molecule has 2 N–H and O–H groups in total. The monoisotopic (exact) mass is 227 g/mol. The molecule has 1 unspecified atom stereocenters. The highest BCUT2D eigenvalue weighted by Gasteiger charge is 2.30. The highest BCUT2D eigenvalue weighted by atomic mass is 16.5. The fourth-order valence-corrected chi connectivity index (χ4v) is 2.01. The summed E-state index contributed by atoms with van der Waals surface area (Å²) in [6.45, 7) is 8.42. The fraction of sp³-hybridized carbons (Fsp3) is 0.923. The van der Waals surface area contributed by atoms with Crippen molar-refractivity contribution in [2.75, 3.05) is 0 Å². The molecule has 94 valence electrons. The Hall–Kier alpha value is -0.570. The third-order valence-electron chi connectivity index (χ3n) is 3.56. The normalized spacial score (nSPS) is 23.1. The van der Waals surface area contributed by atoms with Gasteiger partial charge >= 0.3 is 5.97 Å². The zero-order valence-electron chi connectivity index (χ0n) is 11.0. The zero-order valence-corrected chi connectivity index (χ0v) is 11.0. The molecule has 3 nitrogen and oxygen atoms in total.